The number of aromatic nitrogens is 2. The Morgan fingerprint density at radius 1 is 1.21 bits per heavy atom. The van der Waals surface area contributed by atoms with Crippen molar-refractivity contribution in [3.8, 4) is 5.75 Å². The van der Waals surface area contributed by atoms with Gasteiger partial charge in [-0.05, 0) is 37.1 Å². The number of hydrogen-bond acceptors (Lipinski definition) is 9. The van der Waals surface area contributed by atoms with Crippen LogP contribution in [0.5, 0.6) is 5.75 Å². The van der Waals surface area contributed by atoms with Gasteiger partial charge in [-0.3, -0.25) is 0 Å². The van der Waals surface area contributed by atoms with E-state index >= 15 is 0 Å². The largest absolute Gasteiger partial charge is 0.497 e. The summed E-state index contributed by atoms with van der Waals surface area (Å²) in [6.45, 7) is 2.58. The van der Waals surface area contributed by atoms with E-state index in [1.165, 1.54) is 0 Å². The number of esters is 1. The van der Waals surface area contributed by atoms with Gasteiger partial charge in [0.15, 0.2) is 22.7 Å². The minimum absolute atomic E-state index is 0.208. The highest BCUT2D eigenvalue weighted by molar-refractivity contribution is 7.92. The number of anilines is 2. The lowest BCUT2D eigenvalue weighted by Crippen LogP contribution is -2.54. The molecule has 176 valence electrons. The highest BCUT2D eigenvalue weighted by Crippen LogP contribution is 2.36. The quantitative estimate of drug-likeness (QED) is 0.500. The van der Waals surface area contributed by atoms with Gasteiger partial charge in [0.25, 0.3) is 4.90 Å². The van der Waals surface area contributed by atoms with E-state index < -0.39 is 11.2 Å². The van der Waals surface area contributed by atoms with Crippen molar-refractivity contribution < 1.29 is 23.6 Å². The number of benzene rings is 1. The van der Waals surface area contributed by atoms with Gasteiger partial charge in [0.05, 0.1) is 25.8 Å². The second kappa shape index (κ2) is 9.36. The molecule has 2 fully saturated rings. The Morgan fingerprint density at radius 2 is 1.94 bits per heavy atom. The highest BCUT2D eigenvalue weighted by atomic mass is 32.2. The van der Waals surface area contributed by atoms with Crippen molar-refractivity contribution in [2.75, 3.05) is 56.0 Å². The maximum atomic E-state index is 12.4. The van der Waals surface area contributed by atoms with Gasteiger partial charge in [0.2, 0.25) is 5.95 Å². The molecular formula is C23H29N4O5S+. The number of carbonyl (C=O) groups is 1. The zero-order valence-corrected chi connectivity index (χ0v) is 19.7. The number of ether oxygens (including phenoxy) is 3. The molecule has 1 unspecified atom stereocenters. The fourth-order valence-electron chi connectivity index (χ4n) is 4.43. The van der Waals surface area contributed by atoms with E-state index in [4.69, 9.17) is 24.2 Å². The molecule has 4 heterocycles. The molecule has 0 amide bonds. The zero-order chi connectivity index (χ0) is 22.9. The Bertz CT molecular complexity index is 1010. The first kappa shape index (κ1) is 22.2. The molecule has 3 aliphatic rings. The van der Waals surface area contributed by atoms with E-state index in [0.29, 0.717) is 42.1 Å². The van der Waals surface area contributed by atoms with Gasteiger partial charge in [0, 0.05) is 32.7 Å². The Labute approximate surface area is 196 Å². The number of carbonyl (C=O) groups excluding carboxylic acids is 1. The molecule has 1 N–H and O–H groups in total. The van der Waals surface area contributed by atoms with E-state index in [-0.39, 0.29) is 12.1 Å². The molecule has 3 aliphatic heterocycles. The van der Waals surface area contributed by atoms with Crippen LogP contribution < -0.4 is 14.5 Å². The molecule has 10 heteroatoms. The van der Waals surface area contributed by atoms with Crippen molar-refractivity contribution in [2.24, 2.45) is 0 Å². The lowest BCUT2D eigenvalue weighted by atomic mass is 10.1. The van der Waals surface area contributed by atoms with Crippen molar-refractivity contribution in [3.63, 3.8) is 0 Å². The Kier molecular flexibility index (Phi) is 6.31. The van der Waals surface area contributed by atoms with Gasteiger partial charge in [0.1, 0.15) is 17.5 Å². The summed E-state index contributed by atoms with van der Waals surface area (Å²) in [5, 5.41) is 0. The molecule has 33 heavy (non-hydrogen) atoms. The lowest BCUT2D eigenvalue weighted by Gasteiger charge is -2.39. The van der Waals surface area contributed by atoms with Crippen LogP contribution in [0.25, 0.3) is 0 Å². The highest BCUT2D eigenvalue weighted by Gasteiger charge is 2.42. The van der Waals surface area contributed by atoms with Crippen LogP contribution in [0.15, 0.2) is 29.2 Å². The second-order valence-corrected chi connectivity index (χ2v) is 10.1. The second-order valence-electron chi connectivity index (χ2n) is 8.56. The monoisotopic (exact) mass is 473 g/mol. The molecule has 2 saturated heterocycles. The molecule has 0 spiro atoms. The van der Waals surface area contributed by atoms with Crippen molar-refractivity contribution in [1.29, 1.82) is 0 Å². The first-order valence-electron chi connectivity index (χ1n) is 11.2. The smallest absolute Gasteiger partial charge is 0.338 e. The molecule has 0 bridgehead atoms. The molecule has 1 aromatic heterocycles. The molecule has 0 radical (unpaired) electrons. The number of rotatable bonds is 6. The van der Waals surface area contributed by atoms with Crippen LogP contribution in [-0.2, 0) is 27.1 Å². The number of methoxy groups -OCH3 is 1. The van der Waals surface area contributed by atoms with Crippen molar-refractivity contribution >= 4 is 28.9 Å². The minimum Gasteiger partial charge on any atom is -0.497 e. The van der Waals surface area contributed by atoms with Crippen LogP contribution in [0, 0.1) is 0 Å². The number of fused-ring (bicyclic) bond motifs is 1. The van der Waals surface area contributed by atoms with Crippen molar-refractivity contribution in [1.82, 2.24) is 9.97 Å². The first-order chi connectivity index (χ1) is 16.0. The molecule has 5 rings (SSSR count). The topological polar surface area (TPSA) is 97.3 Å². The Hall–Kier alpha value is -2.56. The molecule has 0 aliphatic carbocycles. The maximum Gasteiger partial charge on any atom is 0.338 e. The normalized spacial score (nSPS) is 20.8. The third kappa shape index (κ3) is 4.47. The Morgan fingerprint density at radius 3 is 2.64 bits per heavy atom. The molecule has 1 atom stereocenters. The van der Waals surface area contributed by atoms with Gasteiger partial charge in [-0.25, -0.2) is 9.78 Å². The van der Waals surface area contributed by atoms with Crippen LogP contribution in [0.3, 0.4) is 0 Å². The summed E-state index contributed by atoms with van der Waals surface area (Å²) in [4.78, 5) is 27.2. The fraction of sp³-hybridized carbons (Fsp3) is 0.522. The van der Waals surface area contributed by atoms with E-state index in [2.05, 4.69) is 4.90 Å². The molecule has 1 aromatic carbocycles. The summed E-state index contributed by atoms with van der Waals surface area (Å²) in [7, 11) is 3.64. The summed E-state index contributed by atoms with van der Waals surface area (Å²) < 4.78 is 26.9. The standard InChI is InChI=1S/C23H29N4O5S/c1-26(16-7-10-31-11-8-16)21-20-19(9-12-33(20)29)24-23(25-21)27-13-18(14-27)32-22(28)15-3-5-17(30-2)6-4-15/h3-6,16,18,29H,7-14H2,1-2H3/q+1. The predicted molar refractivity (Wildman–Crippen MR) is 126 cm³/mol. The SMILES string of the molecule is COc1ccc(C(=O)OC2CN(c3nc4c(c(N(C)C5CCOCC5)n3)[S+](O)CC4)C2)cc1. The summed E-state index contributed by atoms with van der Waals surface area (Å²) in [5.41, 5.74) is 1.43. The van der Waals surface area contributed by atoms with Crippen LogP contribution in [-0.4, -0.2) is 78.8 Å². The van der Waals surface area contributed by atoms with E-state index in [1.54, 1.807) is 31.4 Å². The summed E-state index contributed by atoms with van der Waals surface area (Å²) in [6.07, 6.45) is 2.43. The van der Waals surface area contributed by atoms with E-state index in [1.807, 2.05) is 11.9 Å². The molecule has 0 saturated carbocycles. The fourth-order valence-corrected chi connectivity index (χ4v) is 5.84. The average molecular weight is 474 g/mol. The molecular weight excluding hydrogens is 444 g/mol. The van der Waals surface area contributed by atoms with Crippen LogP contribution in [0.2, 0.25) is 0 Å². The minimum atomic E-state index is -0.823. The maximum absolute atomic E-state index is 12.4. The molecule has 2 aromatic rings. The van der Waals surface area contributed by atoms with Crippen LogP contribution in [0.4, 0.5) is 11.8 Å². The lowest BCUT2D eigenvalue weighted by molar-refractivity contribution is 0.0231. The number of aryl methyl sites for hydroxylation is 1. The zero-order valence-electron chi connectivity index (χ0n) is 18.9. The van der Waals surface area contributed by atoms with Crippen molar-refractivity contribution in [3.05, 3.63) is 35.5 Å². The third-order valence-corrected chi connectivity index (χ3v) is 7.96. The van der Waals surface area contributed by atoms with Gasteiger partial charge in [-0.1, -0.05) is 0 Å². The van der Waals surface area contributed by atoms with E-state index in [0.717, 1.165) is 48.9 Å². The summed E-state index contributed by atoms with van der Waals surface area (Å²) >= 11 is -0.823. The van der Waals surface area contributed by atoms with Gasteiger partial charge in [-0.2, -0.15) is 9.54 Å². The van der Waals surface area contributed by atoms with Crippen molar-refractivity contribution in [2.45, 2.75) is 36.3 Å². The molecule has 9 nitrogen and oxygen atoms in total. The summed E-state index contributed by atoms with van der Waals surface area (Å²) in [6, 6.07) is 7.22. The van der Waals surface area contributed by atoms with E-state index in [9.17, 15) is 9.35 Å². The van der Waals surface area contributed by atoms with Crippen LogP contribution >= 0.6 is 0 Å². The summed E-state index contributed by atoms with van der Waals surface area (Å²) in [5.74, 6) is 2.51. The predicted octanol–water partition coefficient (Wildman–Crippen LogP) is 2.15. The van der Waals surface area contributed by atoms with Crippen LogP contribution in [0.1, 0.15) is 28.9 Å². The van der Waals surface area contributed by atoms with Gasteiger partial charge < -0.3 is 24.0 Å². The number of nitrogens with zero attached hydrogens (tertiary/aromatic N) is 4. The van der Waals surface area contributed by atoms with Gasteiger partial charge in [-0.15, -0.1) is 0 Å². The van der Waals surface area contributed by atoms with Gasteiger partial charge >= 0.3 is 5.97 Å². The third-order valence-electron chi connectivity index (χ3n) is 6.48. The number of hydrogen-bond donors (Lipinski definition) is 1. The Balaban J connectivity index is 1.28. The first-order valence-corrected chi connectivity index (χ1v) is 12.6. The average Bonchev–Trinajstić information content (AvgIpc) is 3.21.